The van der Waals surface area contributed by atoms with Gasteiger partial charge in [-0.3, -0.25) is 0 Å². The summed E-state index contributed by atoms with van der Waals surface area (Å²) >= 11 is 0. The van der Waals surface area contributed by atoms with Crippen LogP contribution in [0.5, 0.6) is 0 Å². The Morgan fingerprint density at radius 3 is 1.80 bits per heavy atom. The Bertz CT molecular complexity index is 50.0. The van der Waals surface area contributed by atoms with E-state index < -0.39 is 0 Å². The Balaban J connectivity index is 3.30. The van der Waals surface area contributed by atoms with Crippen molar-refractivity contribution in [3.63, 3.8) is 0 Å². The molecule has 0 saturated carbocycles. The summed E-state index contributed by atoms with van der Waals surface area (Å²) in [6, 6.07) is 0. The van der Waals surface area contributed by atoms with Crippen LogP contribution in [0.3, 0.4) is 0 Å². The van der Waals surface area contributed by atoms with Gasteiger partial charge in [0, 0.05) is 0 Å². The number of rotatable bonds is 6. The zero-order valence-electron chi connectivity index (χ0n) is 7.45. The van der Waals surface area contributed by atoms with Crippen molar-refractivity contribution >= 4 is 0 Å². The fourth-order valence-electron chi connectivity index (χ4n) is 1.33. The second kappa shape index (κ2) is 7.03. The van der Waals surface area contributed by atoms with Crippen LogP contribution in [0.2, 0.25) is 0 Å². The highest BCUT2D eigenvalue weighted by atomic mass is 15.1. The second-order valence-electron chi connectivity index (χ2n) is 2.85. The molecule has 0 saturated heterocycles. The van der Waals surface area contributed by atoms with Gasteiger partial charge in [-0.25, -0.2) is 0 Å². The highest BCUT2D eigenvalue weighted by molar-refractivity contribution is 4.28. The molecule has 2 nitrogen and oxygen atoms in total. The molecule has 0 aromatic heterocycles. The summed E-state index contributed by atoms with van der Waals surface area (Å²) in [5.41, 5.74) is 3.87. The average molecular weight is 146 g/mol. The lowest BCUT2D eigenvalue weighted by Crippen LogP contribution is -3.13. The van der Waals surface area contributed by atoms with Crippen LogP contribution in [0.4, 0.5) is 0 Å². The number of nitrogens with one attached hydrogen (secondary N) is 1. The highest BCUT2D eigenvalue weighted by Crippen LogP contribution is 1.67. The predicted molar refractivity (Wildman–Crippen MR) is 43.9 cm³/mol. The molecule has 2 heteroatoms. The minimum absolute atomic E-state index is 1.08. The van der Waals surface area contributed by atoms with Crippen LogP contribution in [0.1, 0.15) is 26.7 Å². The molecule has 0 spiro atoms. The Hall–Kier alpha value is -0.0800. The molecular formula is C8H22N2+2. The molecule has 0 unspecified atom stereocenters. The van der Waals surface area contributed by atoms with Gasteiger partial charge in [0.15, 0.2) is 0 Å². The summed E-state index contributed by atoms with van der Waals surface area (Å²) in [6.45, 7) is 9.47. The fraction of sp³-hybridized carbons (Fsp3) is 1.00. The van der Waals surface area contributed by atoms with Crippen molar-refractivity contribution in [2.24, 2.45) is 0 Å². The van der Waals surface area contributed by atoms with Crippen molar-refractivity contribution in [2.75, 3.05) is 26.2 Å². The number of hydrogen-bond donors (Lipinski definition) is 2. The van der Waals surface area contributed by atoms with Gasteiger partial charge in [0.1, 0.15) is 13.1 Å². The maximum atomic E-state index is 3.87. The summed E-state index contributed by atoms with van der Waals surface area (Å²) in [4.78, 5) is 1.72. The normalized spacial score (nSPS) is 10.8. The Morgan fingerprint density at radius 1 is 1.00 bits per heavy atom. The molecule has 0 aromatic carbocycles. The molecule has 10 heavy (non-hydrogen) atoms. The zero-order chi connectivity index (χ0) is 7.82. The van der Waals surface area contributed by atoms with E-state index in [1.165, 1.54) is 32.5 Å². The van der Waals surface area contributed by atoms with Crippen LogP contribution in [0.15, 0.2) is 0 Å². The van der Waals surface area contributed by atoms with Crippen molar-refractivity contribution in [1.82, 2.24) is 0 Å². The van der Waals surface area contributed by atoms with E-state index in [2.05, 4.69) is 19.6 Å². The number of hydrogen-bond acceptors (Lipinski definition) is 0. The highest BCUT2D eigenvalue weighted by Gasteiger charge is 2.03. The Labute approximate surface area is 64.4 Å². The first-order chi connectivity index (χ1) is 4.85. The molecule has 0 radical (unpaired) electrons. The van der Waals surface area contributed by atoms with E-state index in [9.17, 15) is 0 Å². The van der Waals surface area contributed by atoms with Gasteiger partial charge < -0.3 is 10.6 Å². The molecule has 0 rings (SSSR count). The van der Waals surface area contributed by atoms with Crippen molar-refractivity contribution < 1.29 is 10.6 Å². The third-order valence-corrected chi connectivity index (χ3v) is 1.74. The first-order valence-corrected chi connectivity index (χ1v) is 4.47. The van der Waals surface area contributed by atoms with Crippen LogP contribution in [0.25, 0.3) is 0 Å². The summed E-state index contributed by atoms with van der Waals surface area (Å²) in [5, 5.41) is 0. The van der Waals surface area contributed by atoms with Crippen LogP contribution in [0, 0.1) is 0 Å². The first-order valence-electron chi connectivity index (χ1n) is 4.47. The standard InChI is InChI=1S/C8H20N2/c1-3-6-10(7-4-2)8-5-9/h3-9H2,1-2H3/p+2. The fourth-order valence-corrected chi connectivity index (χ4v) is 1.33. The summed E-state index contributed by atoms with van der Waals surface area (Å²) < 4.78 is 0. The lowest BCUT2D eigenvalue weighted by Gasteiger charge is -2.15. The summed E-state index contributed by atoms with van der Waals surface area (Å²) in [6.07, 6.45) is 2.60. The van der Waals surface area contributed by atoms with Crippen LogP contribution < -0.4 is 10.6 Å². The molecule has 62 valence electrons. The van der Waals surface area contributed by atoms with Gasteiger partial charge in [0.25, 0.3) is 0 Å². The molecule has 0 aliphatic heterocycles. The second-order valence-corrected chi connectivity index (χ2v) is 2.85. The van der Waals surface area contributed by atoms with Crippen LogP contribution in [-0.2, 0) is 0 Å². The molecule has 0 bridgehead atoms. The maximum absolute atomic E-state index is 3.87. The van der Waals surface area contributed by atoms with Gasteiger partial charge in [-0.2, -0.15) is 0 Å². The topological polar surface area (TPSA) is 32.1 Å². The first kappa shape index (κ1) is 9.92. The predicted octanol–water partition coefficient (Wildman–Crippen LogP) is -1.07. The van der Waals surface area contributed by atoms with Crippen molar-refractivity contribution in [1.29, 1.82) is 0 Å². The van der Waals surface area contributed by atoms with Gasteiger partial charge in [0.2, 0.25) is 0 Å². The van der Waals surface area contributed by atoms with Crippen molar-refractivity contribution in [3.8, 4) is 0 Å². The lowest BCUT2D eigenvalue weighted by atomic mass is 10.3. The molecule has 0 atom stereocenters. The molecule has 0 fully saturated rings. The SMILES string of the molecule is CCC[NH+](CCC)CC[NH3+]. The van der Waals surface area contributed by atoms with E-state index in [0.717, 1.165) is 6.54 Å². The Morgan fingerprint density at radius 2 is 1.50 bits per heavy atom. The molecule has 4 N–H and O–H groups in total. The van der Waals surface area contributed by atoms with Gasteiger partial charge in [-0.1, -0.05) is 13.8 Å². The smallest absolute Gasteiger partial charge is 0.127 e. The molecule has 0 aromatic rings. The van der Waals surface area contributed by atoms with Gasteiger partial charge in [0.05, 0.1) is 13.1 Å². The van der Waals surface area contributed by atoms with Crippen molar-refractivity contribution in [2.45, 2.75) is 26.7 Å². The maximum Gasteiger partial charge on any atom is 0.127 e. The largest absolute Gasteiger partial charge is 0.353 e. The average Bonchev–Trinajstić information content (AvgIpc) is 1.90. The minimum atomic E-state index is 1.08. The monoisotopic (exact) mass is 146 g/mol. The Kier molecular flexibility index (Phi) is 6.98. The molecule has 0 amide bonds. The van der Waals surface area contributed by atoms with Gasteiger partial charge in [-0.05, 0) is 12.8 Å². The van der Waals surface area contributed by atoms with Crippen molar-refractivity contribution in [3.05, 3.63) is 0 Å². The zero-order valence-corrected chi connectivity index (χ0v) is 7.45. The number of quaternary nitrogens is 2. The van der Waals surface area contributed by atoms with E-state index in [4.69, 9.17) is 0 Å². The summed E-state index contributed by atoms with van der Waals surface area (Å²) in [7, 11) is 0. The quantitative estimate of drug-likeness (QED) is 0.478. The van der Waals surface area contributed by atoms with E-state index in [0.29, 0.717) is 0 Å². The molecule has 0 aliphatic carbocycles. The molecule has 0 heterocycles. The van der Waals surface area contributed by atoms with E-state index in [1.54, 1.807) is 4.90 Å². The van der Waals surface area contributed by atoms with E-state index >= 15 is 0 Å². The van der Waals surface area contributed by atoms with Gasteiger partial charge in [-0.15, -0.1) is 0 Å². The third-order valence-electron chi connectivity index (χ3n) is 1.74. The van der Waals surface area contributed by atoms with E-state index in [-0.39, 0.29) is 0 Å². The minimum Gasteiger partial charge on any atom is -0.353 e. The van der Waals surface area contributed by atoms with Crippen LogP contribution >= 0.6 is 0 Å². The molecule has 0 aliphatic rings. The van der Waals surface area contributed by atoms with E-state index in [1.807, 2.05) is 0 Å². The third kappa shape index (κ3) is 4.77. The van der Waals surface area contributed by atoms with Crippen LogP contribution in [-0.4, -0.2) is 26.2 Å². The molecular weight excluding hydrogens is 124 g/mol. The summed E-state index contributed by atoms with van der Waals surface area (Å²) in [5.74, 6) is 0. The lowest BCUT2D eigenvalue weighted by molar-refractivity contribution is -0.905. The van der Waals surface area contributed by atoms with Gasteiger partial charge >= 0.3 is 0 Å².